The van der Waals surface area contributed by atoms with E-state index < -0.39 is 0 Å². The molecule has 0 radical (unpaired) electrons. The molecule has 1 fully saturated rings. The molecule has 1 aromatic carbocycles. The number of halogens is 1. The van der Waals surface area contributed by atoms with Gasteiger partial charge in [-0.05, 0) is 55.2 Å². The SMILES string of the molecule is Cc1ccc(C2(N)CCC(C)C(C)C2)cc1Cl. The molecule has 3 atom stereocenters. The molecule has 17 heavy (non-hydrogen) atoms. The summed E-state index contributed by atoms with van der Waals surface area (Å²) in [6, 6.07) is 6.28. The van der Waals surface area contributed by atoms with Crippen LogP contribution in [-0.2, 0) is 5.54 Å². The monoisotopic (exact) mass is 251 g/mol. The molecule has 94 valence electrons. The zero-order valence-electron chi connectivity index (χ0n) is 11.0. The van der Waals surface area contributed by atoms with E-state index in [-0.39, 0.29) is 5.54 Å². The van der Waals surface area contributed by atoms with Crippen molar-refractivity contribution in [2.45, 2.75) is 45.6 Å². The second-order valence-electron chi connectivity index (χ2n) is 5.82. The molecule has 1 aliphatic carbocycles. The van der Waals surface area contributed by atoms with E-state index in [1.807, 2.05) is 6.92 Å². The summed E-state index contributed by atoms with van der Waals surface area (Å²) in [7, 11) is 0. The lowest BCUT2D eigenvalue weighted by Gasteiger charge is -2.40. The number of nitrogens with two attached hydrogens (primary N) is 1. The van der Waals surface area contributed by atoms with Crippen molar-refractivity contribution in [2.75, 3.05) is 0 Å². The normalized spacial score (nSPS) is 33.7. The Morgan fingerprint density at radius 2 is 2.00 bits per heavy atom. The molecule has 0 heterocycles. The van der Waals surface area contributed by atoms with Crippen LogP contribution in [0.2, 0.25) is 5.02 Å². The first-order chi connectivity index (χ1) is 7.92. The van der Waals surface area contributed by atoms with Gasteiger partial charge in [0.15, 0.2) is 0 Å². The Balaban J connectivity index is 2.29. The molecular weight excluding hydrogens is 230 g/mol. The summed E-state index contributed by atoms with van der Waals surface area (Å²) in [5, 5.41) is 0.832. The fraction of sp³-hybridized carbons (Fsp3) is 0.600. The van der Waals surface area contributed by atoms with E-state index in [0.29, 0.717) is 5.92 Å². The van der Waals surface area contributed by atoms with Gasteiger partial charge in [-0.2, -0.15) is 0 Å². The quantitative estimate of drug-likeness (QED) is 0.793. The molecule has 0 spiro atoms. The van der Waals surface area contributed by atoms with E-state index in [4.69, 9.17) is 17.3 Å². The van der Waals surface area contributed by atoms with Crippen LogP contribution >= 0.6 is 11.6 Å². The molecule has 1 nitrogen and oxygen atoms in total. The number of aryl methyl sites for hydroxylation is 1. The molecular formula is C15H22ClN. The summed E-state index contributed by atoms with van der Waals surface area (Å²) in [6.07, 6.45) is 3.34. The first-order valence-corrected chi connectivity index (χ1v) is 6.86. The van der Waals surface area contributed by atoms with Gasteiger partial charge >= 0.3 is 0 Å². The third kappa shape index (κ3) is 2.51. The summed E-state index contributed by atoms with van der Waals surface area (Å²) < 4.78 is 0. The summed E-state index contributed by atoms with van der Waals surface area (Å²) >= 11 is 6.20. The summed E-state index contributed by atoms with van der Waals surface area (Å²) in [5.74, 6) is 1.47. The molecule has 3 unspecified atom stereocenters. The number of hydrogen-bond donors (Lipinski definition) is 1. The van der Waals surface area contributed by atoms with Crippen molar-refractivity contribution < 1.29 is 0 Å². The number of hydrogen-bond acceptors (Lipinski definition) is 1. The molecule has 0 aromatic heterocycles. The Morgan fingerprint density at radius 1 is 1.29 bits per heavy atom. The molecule has 2 N–H and O–H groups in total. The van der Waals surface area contributed by atoms with Gasteiger partial charge in [-0.25, -0.2) is 0 Å². The van der Waals surface area contributed by atoms with Gasteiger partial charge in [0.2, 0.25) is 0 Å². The van der Waals surface area contributed by atoms with Crippen LogP contribution in [-0.4, -0.2) is 0 Å². The van der Waals surface area contributed by atoms with E-state index in [1.54, 1.807) is 0 Å². The largest absolute Gasteiger partial charge is 0.321 e. The minimum atomic E-state index is -0.177. The maximum Gasteiger partial charge on any atom is 0.0438 e. The molecule has 2 heteroatoms. The van der Waals surface area contributed by atoms with Gasteiger partial charge in [-0.15, -0.1) is 0 Å². The highest BCUT2D eigenvalue weighted by molar-refractivity contribution is 6.31. The van der Waals surface area contributed by atoms with Crippen molar-refractivity contribution in [2.24, 2.45) is 17.6 Å². The van der Waals surface area contributed by atoms with Crippen LogP contribution < -0.4 is 5.73 Å². The minimum absolute atomic E-state index is 0.177. The second kappa shape index (κ2) is 4.62. The van der Waals surface area contributed by atoms with Gasteiger partial charge in [0, 0.05) is 10.6 Å². The highest BCUT2D eigenvalue weighted by Crippen LogP contribution is 2.41. The first-order valence-electron chi connectivity index (χ1n) is 6.48. The average Bonchev–Trinajstić information content (AvgIpc) is 2.28. The fourth-order valence-electron chi connectivity index (χ4n) is 2.81. The zero-order chi connectivity index (χ0) is 12.6. The lowest BCUT2D eigenvalue weighted by molar-refractivity contribution is 0.177. The smallest absolute Gasteiger partial charge is 0.0438 e. The second-order valence-corrected chi connectivity index (χ2v) is 6.22. The Bertz CT molecular complexity index is 415. The highest BCUT2D eigenvalue weighted by atomic mass is 35.5. The first kappa shape index (κ1) is 12.9. The van der Waals surface area contributed by atoms with E-state index >= 15 is 0 Å². The Hall–Kier alpha value is -0.530. The molecule has 1 aliphatic rings. The van der Waals surface area contributed by atoms with Crippen LogP contribution in [0.25, 0.3) is 0 Å². The van der Waals surface area contributed by atoms with E-state index in [1.165, 1.54) is 12.0 Å². The van der Waals surface area contributed by atoms with Gasteiger partial charge in [0.05, 0.1) is 0 Å². The van der Waals surface area contributed by atoms with Crippen LogP contribution in [0.15, 0.2) is 18.2 Å². The lowest BCUT2D eigenvalue weighted by Crippen LogP contribution is -2.43. The molecule has 1 saturated carbocycles. The average molecular weight is 252 g/mol. The van der Waals surface area contributed by atoms with Crippen LogP contribution in [0.5, 0.6) is 0 Å². The number of benzene rings is 1. The van der Waals surface area contributed by atoms with Crippen LogP contribution in [0.1, 0.15) is 44.2 Å². The van der Waals surface area contributed by atoms with Crippen molar-refractivity contribution in [3.8, 4) is 0 Å². The zero-order valence-corrected chi connectivity index (χ0v) is 11.7. The van der Waals surface area contributed by atoms with Gasteiger partial charge < -0.3 is 5.73 Å². The Kier molecular flexibility index (Phi) is 3.51. The van der Waals surface area contributed by atoms with Gasteiger partial charge in [-0.3, -0.25) is 0 Å². The van der Waals surface area contributed by atoms with Gasteiger partial charge in [-0.1, -0.05) is 37.6 Å². The standard InChI is InChI=1S/C15H22ClN/c1-10-6-7-15(17,9-12(10)3)13-5-4-11(2)14(16)8-13/h4-5,8,10,12H,6-7,9,17H2,1-3H3. The van der Waals surface area contributed by atoms with E-state index in [0.717, 1.165) is 29.3 Å². The molecule has 0 amide bonds. The summed E-state index contributed by atoms with van der Waals surface area (Å²) in [4.78, 5) is 0. The van der Waals surface area contributed by atoms with Crippen molar-refractivity contribution in [3.63, 3.8) is 0 Å². The topological polar surface area (TPSA) is 26.0 Å². The Labute approximate surface area is 109 Å². The minimum Gasteiger partial charge on any atom is -0.321 e. The maximum absolute atomic E-state index is 6.59. The van der Waals surface area contributed by atoms with Crippen LogP contribution in [0.3, 0.4) is 0 Å². The molecule has 0 aliphatic heterocycles. The third-order valence-corrected chi connectivity index (χ3v) is 4.86. The summed E-state index contributed by atoms with van der Waals surface area (Å²) in [6.45, 7) is 6.66. The van der Waals surface area contributed by atoms with Crippen molar-refractivity contribution in [1.82, 2.24) is 0 Å². The number of rotatable bonds is 1. The molecule has 0 bridgehead atoms. The summed E-state index contributed by atoms with van der Waals surface area (Å²) in [5.41, 5.74) is 8.74. The predicted molar refractivity (Wildman–Crippen MR) is 74.2 cm³/mol. The van der Waals surface area contributed by atoms with E-state index in [9.17, 15) is 0 Å². The molecule has 0 saturated heterocycles. The van der Waals surface area contributed by atoms with Gasteiger partial charge in [0.1, 0.15) is 0 Å². The van der Waals surface area contributed by atoms with Crippen LogP contribution in [0.4, 0.5) is 0 Å². The van der Waals surface area contributed by atoms with E-state index in [2.05, 4.69) is 32.0 Å². The Morgan fingerprint density at radius 3 is 2.59 bits per heavy atom. The molecule has 2 rings (SSSR count). The fourth-order valence-corrected chi connectivity index (χ4v) is 2.99. The lowest BCUT2D eigenvalue weighted by atomic mass is 9.69. The van der Waals surface area contributed by atoms with Crippen molar-refractivity contribution >= 4 is 11.6 Å². The van der Waals surface area contributed by atoms with Crippen molar-refractivity contribution in [1.29, 1.82) is 0 Å². The van der Waals surface area contributed by atoms with Crippen molar-refractivity contribution in [3.05, 3.63) is 34.3 Å². The predicted octanol–water partition coefficient (Wildman–Crippen LogP) is 4.26. The third-order valence-electron chi connectivity index (χ3n) is 4.45. The molecule has 1 aromatic rings. The maximum atomic E-state index is 6.59. The highest BCUT2D eigenvalue weighted by Gasteiger charge is 2.35. The van der Waals surface area contributed by atoms with Crippen LogP contribution in [0, 0.1) is 18.8 Å². The van der Waals surface area contributed by atoms with Gasteiger partial charge in [0.25, 0.3) is 0 Å².